The molecule has 0 aliphatic heterocycles. The first-order valence-electron chi connectivity index (χ1n) is 14.0. The maximum atomic E-state index is 2.46. The first-order chi connectivity index (χ1) is 20.2. The second-order valence-corrected chi connectivity index (χ2v) is 14.7. The molecule has 41 heavy (non-hydrogen) atoms. The van der Waals surface area contributed by atoms with E-state index in [1.165, 1.54) is 43.7 Å². The maximum Gasteiger partial charge on any atom is 0.0417 e. The molecule has 1 atom stereocenters. The predicted molar refractivity (Wildman–Crippen MR) is 180 cm³/mol. The Morgan fingerprint density at radius 2 is 0.902 bits per heavy atom. The lowest BCUT2D eigenvalue weighted by molar-refractivity contribution is 0.319. The summed E-state index contributed by atoms with van der Waals surface area (Å²) in [6, 6.07) is 53.4. The number of hydrogen-bond donors (Lipinski definition) is 0. The Labute approximate surface area is 248 Å². The topological polar surface area (TPSA) is 3.24 Å². The molecular formula is C38H34NP2. The Hall–Kier alpha value is -3.08. The van der Waals surface area contributed by atoms with Gasteiger partial charge in [-0.3, -0.25) is 0 Å². The molecule has 1 fully saturated rings. The van der Waals surface area contributed by atoms with Crippen molar-refractivity contribution in [3.05, 3.63) is 182 Å². The molecule has 0 amide bonds. The zero-order valence-electron chi connectivity index (χ0n) is 23.5. The van der Waals surface area contributed by atoms with Gasteiger partial charge in [-0.15, -0.1) is 0 Å². The van der Waals surface area contributed by atoms with E-state index in [0.29, 0.717) is 0 Å². The van der Waals surface area contributed by atoms with Crippen LogP contribution in [0.15, 0.2) is 146 Å². The molecule has 1 saturated carbocycles. The lowest BCUT2D eigenvalue weighted by atomic mass is 9.90. The van der Waals surface area contributed by atoms with Gasteiger partial charge in [-0.1, -0.05) is 140 Å². The van der Waals surface area contributed by atoms with Crippen LogP contribution in [0.2, 0.25) is 0 Å². The largest absolute Gasteiger partial charge is 0.302 e. The van der Waals surface area contributed by atoms with Crippen molar-refractivity contribution >= 4 is 42.4 Å². The van der Waals surface area contributed by atoms with E-state index >= 15 is 0 Å². The second-order valence-electron chi connectivity index (χ2n) is 10.3. The second kappa shape index (κ2) is 13.3. The van der Waals surface area contributed by atoms with Crippen molar-refractivity contribution in [1.29, 1.82) is 0 Å². The molecule has 6 rings (SSSR count). The van der Waals surface area contributed by atoms with Gasteiger partial charge in [0.25, 0.3) is 0 Å². The minimum Gasteiger partial charge on any atom is -0.302 e. The van der Waals surface area contributed by atoms with Gasteiger partial charge >= 0.3 is 0 Å². The molecule has 1 unspecified atom stereocenters. The summed E-state index contributed by atoms with van der Waals surface area (Å²) >= 11 is 0. The highest BCUT2D eigenvalue weighted by molar-refractivity contribution is 7.79. The summed E-state index contributed by atoms with van der Waals surface area (Å²) in [5.74, 6) is 1.38. The lowest BCUT2D eigenvalue weighted by Crippen LogP contribution is -2.30. The summed E-state index contributed by atoms with van der Waals surface area (Å²) in [7, 11) is 3.05. The molecule has 0 saturated heterocycles. The average Bonchev–Trinajstić information content (AvgIpc) is 3.48. The van der Waals surface area contributed by atoms with E-state index in [-0.39, 0.29) is 6.04 Å². The maximum absolute atomic E-state index is 2.46. The Morgan fingerprint density at radius 3 is 1.37 bits per heavy atom. The molecule has 1 nitrogen and oxygen atoms in total. The molecule has 1 aliphatic rings. The molecule has 0 heterocycles. The smallest absolute Gasteiger partial charge is 0.0417 e. The van der Waals surface area contributed by atoms with Crippen molar-refractivity contribution in [2.45, 2.75) is 6.04 Å². The van der Waals surface area contributed by atoms with Crippen LogP contribution in [0.5, 0.6) is 0 Å². The van der Waals surface area contributed by atoms with Gasteiger partial charge in [-0.2, -0.15) is 0 Å². The summed E-state index contributed by atoms with van der Waals surface area (Å²) in [6.45, 7) is 0. The van der Waals surface area contributed by atoms with Crippen molar-refractivity contribution < 1.29 is 0 Å². The average molecular weight is 567 g/mol. The van der Waals surface area contributed by atoms with Gasteiger partial charge in [0.2, 0.25) is 0 Å². The Kier molecular flexibility index (Phi) is 9.08. The molecule has 0 aromatic heterocycles. The van der Waals surface area contributed by atoms with Crippen LogP contribution >= 0.6 is 15.8 Å². The summed E-state index contributed by atoms with van der Waals surface area (Å²) in [4.78, 5) is 2.37. The number of benzene rings is 5. The van der Waals surface area contributed by atoms with E-state index in [4.69, 9.17) is 0 Å². The van der Waals surface area contributed by atoms with Crippen LogP contribution in [-0.2, 0) is 0 Å². The van der Waals surface area contributed by atoms with Crippen LogP contribution in [0.3, 0.4) is 0 Å². The molecule has 5 aromatic carbocycles. The van der Waals surface area contributed by atoms with Crippen LogP contribution in [0.25, 0.3) is 0 Å². The zero-order chi connectivity index (χ0) is 28.0. The number of hydrogen-bond acceptors (Lipinski definition) is 1. The van der Waals surface area contributed by atoms with Crippen molar-refractivity contribution in [3.63, 3.8) is 0 Å². The van der Waals surface area contributed by atoms with Crippen molar-refractivity contribution in [3.8, 4) is 0 Å². The standard InChI is InChI=1S/C38H34NP2/c1-39(2)38(36-27-16-28-37(36)41(33-22-11-5-12-23-33)34-24-13-6-14-25-34)30-17-15-26-35(29-30)40(31-18-7-3-8-19-31)32-20-9-4-10-21-32/h3-29,38H,1-2H3. The van der Waals surface area contributed by atoms with E-state index in [0.717, 1.165) is 0 Å². The highest BCUT2D eigenvalue weighted by Gasteiger charge is 2.42. The molecular weight excluding hydrogens is 532 g/mol. The monoisotopic (exact) mass is 566 g/mol. The first-order valence-corrected chi connectivity index (χ1v) is 16.7. The normalized spacial score (nSPS) is 15.1. The van der Waals surface area contributed by atoms with Crippen molar-refractivity contribution in [1.82, 2.24) is 4.90 Å². The lowest BCUT2D eigenvalue weighted by Gasteiger charge is -2.37. The van der Waals surface area contributed by atoms with Crippen LogP contribution in [-0.4, -0.2) is 19.0 Å². The van der Waals surface area contributed by atoms with Crippen molar-refractivity contribution in [2.75, 3.05) is 14.1 Å². The number of rotatable bonds is 9. The molecule has 3 heteroatoms. The van der Waals surface area contributed by atoms with Crippen LogP contribution < -0.4 is 26.5 Å². The molecule has 0 N–H and O–H groups in total. The van der Waals surface area contributed by atoms with Crippen LogP contribution in [0.4, 0.5) is 0 Å². The van der Waals surface area contributed by atoms with Gasteiger partial charge in [-0.05, 0) is 87.4 Å². The SMILES string of the molecule is CN(C)C([C]1[CH][CH][CH][C]1P(c1ccccc1)c1ccccc1)c1cccc(P(c2ccccc2)c2ccccc2)c1. The third-order valence-corrected chi connectivity index (χ3v) is 12.3. The Bertz CT molecular complexity index is 1430. The van der Waals surface area contributed by atoms with Gasteiger partial charge in [0.15, 0.2) is 0 Å². The van der Waals surface area contributed by atoms with Gasteiger partial charge in [-0.25, -0.2) is 0 Å². The zero-order valence-corrected chi connectivity index (χ0v) is 25.3. The van der Waals surface area contributed by atoms with E-state index in [2.05, 4.69) is 184 Å². The fraction of sp³-hybridized carbons (Fsp3) is 0.0789. The van der Waals surface area contributed by atoms with Crippen LogP contribution in [0.1, 0.15) is 11.6 Å². The third-order valence-electron chi connectivity index (χ3n) is 7.38. The van der Waals surface area contributed by atoms with Crippen LogP contribution in [0, 0.1) is 30.8 Å². The molecule has 201 valence electrons. The van der Waals surface area contributed by atoms with Crippen molar-refractivity contribution in [2.24, 2.45) is 0 Å². The third kappa shape index (κ3) is 6.24. The molecule has 0 spiro atoms. The summed E-state index contributed by atoms with van der Waals surface area (Å²) in [6.07, 6.45) is 6.93. The number of nitrogens with zero attached hydrogens (tertiary/aromatic N) is 1. The minimum atomic E-state index is -0.692. The van der Waals surface area contributed by atoms with Gasteiger partial charge in [0.05, 0.1) is 0 Å². The Morgan fingerprint density at radius 1 is 0.463 bits per heavy atom. The molecule has 0 bridgehead atoms. The van der Waals surface area contributed by atoms with E-state index in [9.17, 15) is 0 Å². The quantitative estimate of drug-likeness (QED) is 0.175. The molecule has 5 radical (unpaired) electrons. The molecule has 5 aromatic rings. The van der Waals surface area contributed by atoms with E-state index in [1.807, 2.05) is 0 Å². The summed E-state index contributed by atoms with van der Waals surface area (Å²) in [5, 5.41) is 6.88. The van der Waals surface area contributed by atoms with E-state index in [1.54, 1.807) is 0 Å². The summed E-state index contributed by atoms with van der Waals surface area (Å²) < 4.78 is 0. The highest BCUT2D eigenvalue weighted by Crippen LogP contribution is 2.59. The predicted octanol–water partition coefficient (Wildman–Crippen LogP) is 6.91. The minimum absolute atomic E-state index is 0.140. The van der Waals surface area contributed by atoms with Gasteiger partial charge in [0.1, 0.15) is 0 Å². The van der Waals surface area contributed by atoms with Gasteiger partial charge in [0, 0.05) is 17.6 Å². The first kappa shape index (κ1) is 28.1. The molecule has 1 aliphatic carbocycles. The fourth-order valence-corrected chi connectivity index (χ4v) is 10.5. The fourth-order valence-electron chi connectivity index (χ4n) is 5.63. The van der Waals surface area contributed by atoms with E-state index < -0.39 is 15.8 Å². The van der Waals surface area contributed by atoms with Gasteiger partial charge < -0.3 is 4.90 Å². The summed E-state index contributed by atoms with van der Waals surface area (Å²) in [5.41, 5.74) is 2.75. The Balaban J connectivity index is 1.41. The highest BCUT2D eigenvalue weighted by atomic mass is 31.1.